The van der Waals surface area contributed by atoms with Crippen molar-refractivity contribution in [1.82, 2.24) is 25.1 Å². The Hall–Kier alpha value is -2.45. The van der Waals surface area contributed by atoms with Gasteiger partial charge in [0.1, 0.15) is 0 Å². The summed E-state index contributed by atoms with van der Waals surface area (Å²) in [4.78, 5) is 16.6. The maximum Gasteiger partial charge on any atom is 0.323 e. The van der Waals surface area contributed by atoms with Crippen molar-refractivity contribution >= 4 is 11.9 Å². The molecule has 0 spiro atoms. The molecule has 0 atom stereocenters. The van der Waals surface area contributed by atoms with Crippen LogP contribution in [0.4, 0.5) is 11.9 Å². The van der Waals surface area contributed by atoms with E-state index in [-0.39, 0.29) is 0 Å². The van der Waals surface area contributed by atoms with Gasteiger partial charge in [-0.3, -0.25) is 0 Å². The van der Waals surface area contributed by atoms with Crippen molar-refractivity contribution in [3.05, 3.63) is 11.7 Å². The van der Waals surface area contributed by atoms with Crippen molar-refractivity contribution in [1.29, 1.82) is 0 Å². The average Bonchev–Trinajstić information content (AvgIpc) is 2.90. The maximum absolute atomic E-state index is 5.42. The molecule has 2 aromatic rings. The van der Waals surface area contributed by atoms with Gasteiger partial charge in [0.15, 0.2) is 5.82 Å². The quantitative estimate of drug-likeness (QED) is 0.737. The van der Waals surface area contributed by atoms with E-state index in [1.54, 1.807) is 14.0 Å². The van der Waals surface area contributed by atoms with Gasteiger partial charge >= 0.3 is 6.01 Å². The normalized spacial score (nSPS) is 10.4. The molecule has 0 aliphatic heterocycles. The lowest BCUT2D eigenvalue weighted by Gasteiger charge is -2.08. The van der Waals surface area contributed by atoms with Crippen molar-refractivity contribution in [2.45, 2.75) is 26.7 Å². The molecule has 2 N–H and O–H groups in total. The molecular weight excluding hydrogens is 274 g/mol. The van der Waals surface area contributed by atoms with Crippen molar-refractivity contribution in [2.24, 2.45) is 0 Å². The van der Waals surface area contributed by atoms with Crippen LogP contribution in [-0.2, 0) is 6.42 Å². The second-order valence-corrected chi connectivity index (χ2v) is 4.28. The van der Waals surface area contributed by atoms with Crippen LogP contribution in [0.2, 0.25) is 0 Å². The molecule has 0 fully saturated rings. The number of aryl methyl sites for hydroxylation is 1. The molecule has 0 unspecified atom stereocenters. The fourth-order valence-electron chi connectivity index (χ4n) is 1.53. The molecule has 9 heteroatoms. The molecule has 0 aliphatic carbocycles. The van der Waals surface area contributed by atoms with Crippen LogP contribution in [0.1, 0.15) is 25.1 Å². The van der Waals surface area contributed by atoms with E-state index in [1.165, 1.54) is 0 Å². The maximum atomic E-state index is 5.42. The summed E-state index contributed by atoms with van der Waals surface area (Å²) in [6.45, 7) is 4.94. The van der Waals surface area contributed by atoms with E-state index in [4.69, 9.17) is 9.26 Å². The Morgan fingerprint density at radius 1 is 1.14 bits per heavy atom. The topological polar surface area (TPSA) is 111 Å². The van der Waals surface area contributed by atoms with Gasteiger partial charge < -0.3 is 19.9 Å². The molecule has 0 bridgehead atoms. The highest BCUT2D eigenvalue weighted by Gasteiger charge is 2.07. The molecule has 0 amide bonds. The number of rotatable bonds is 8. The van der Waals surface area contributed by atoms with Gasteiger partial charge in [-0.15, -0.1) is 0 Å². The number of nitrogens with one attached hydrogen (secondary N) is 2. The summed E-state index contributed by atoms with van der Waals surface area (Å²) in [6.07, 6.45) is 1.48. The zero-order chi connectivity index (χ0) is 15.1. The van der Waals surface area contributed by atoms with E-state index in [2.05, 4.69) is 35.7 Å². The van der Waals surface area contributed by atoms with Crippen LogP contribution >= 0.6 is 0 Å². The van der Waals surface area contributed by atoms with Crippen molar-refractivity contribution in [3.63, 3.8) is 0 Å². The standard InChI is InChI=1S/C12H19N7O2/c1-4-7-20-12-17-10(13-3)16-11(18-12)14-6-5-9-15-8(2)19-21-9/h4-7H2,1-3H3,(H2,13,14,16,17,18). The largest absolute Gasteiger partial charge is 0.463 e. The minimum Gasteiger partial charge on any atom is -0.463 e. The number of nitrogens with zero attached hydrogens (tertiary/aromatic N) is 5. The van der Waals surface area contributed by atoms with Crippen molar-refractivity contribution in [3.8, 4) is 6.01 Å². The fraction of sp³-hybridized carbons (Fsp3) is 0.583. The number of hydrogen-bond acceptors (Lipinski definition) is 9. The predicted octanol–water partition coefficient (Wildman–Crippen LogP) is 1.05. The van der Waals surface area contributed by atoms with Gasteiger partial charge in [0.2, 0.25) is 17.8 Å². The Bertz CT molecular complexity index is 572. The summed E-state index contributed by atoms with van der Waals surface area (Å²) in [5.41, 5.74) is 0. The third kappa shape index (κ3) is 4.55. The number of anilines is 2. The predicted molar refractivity (Wildman–Crippen MR) is 76.4 cm³/mol. The molecule has 0 saturated carbocycles. The molecule has 2 aromatic heterocycles. The van der Waals surface area contributed by atoms with Crippen LogP contribution in [0.25, 0.3) is 0 Å². The molecule has 21 heavy (non-hydrogen) atoms. The SMILES string of the molecule is CCCOc1nc(NC)nc(NCCc2nc(C)no2)n1. The lowest BCUT2D eigenvalue weighted by atomic mass is 10.4. The summed E-state index contributed by atoms with van der Waals surface area (Å²) < 4.78 is 10.5. The second-order valence-electron chi connectivity index (χ2n) is 4.28. The van der Waals surface area contributed by atoms with Gasteiger partial charge in [0.05, 0.1) is 6.61 Å². The van der Waals surface area contributed by atoms with Crippen LogP contribution in [0, 0.1) is 6.92 Å². The summed E-state index contributed by atoms with van der Waals surface area (Å²) in [5, 5.41) is 9.69. The van der Waals surface area contributed by atoms with Crippen LogP contribution in [0.5, 0.6) is 6.01 Å². The highest BCUT2D eigenvalue weighted by Crippen LogP contribution is 2.11. The van der Waals surface area contributed by atoms with Crippen LogP contribution in [0.15, 0.2) is 4.52 Å². The van der Waals surface area contributed by atoms with Crippen LogP contribution in [0.3, 0.4) is 0 Å². The third-order valence-electron chi connectivity index (χ3n) is 2.47. The van der Waals surface area contributed by atoms with E-state index < -0.39 is 0 Å². The monoisotopic (exact) mass is 293 g/mol. The first-order valence-corrected chi connectivity index (χ1v) is 6.81. The molecule has 2 heterocycles. The number of hydrogen-bond donors (Lipinski definition) is 2. The number of ether oxygens (including phenoxy) is 1. The van der Waals surface area contributed by atoms with Gasteiger partial charge in [-0.05, 0) is 13.3 Å². The lowest BCUT2D eigenvalue weighted by molar-refractivity contribution is 0.292. The van der Waals surface area contributed by atoms with Gasteiger partial charge in [0.25, 0.3) is 0 Å². The Labute approximate surface area is 122 Å². The van der Waals surface area contributed by atoms with E-state index in [1.807, 2.05) is 6.92 Å². The zero-order valence-electron chi connectivity index (χ0n) is 12.4. The molecule has 0 aromatic carbocycles. The van der Waals surface area contributed by atoms with Gasteiger partial charge in [-0.2, -0.15) is 19.9 Å². The smallest absolute Gasteiger partial charge is 0.323 e. The summed E-state index contributed by atoms with van der Waals surface area (Å²) in [5.74, 6) is 2.09. The fourth-order valence-corrected chi connectivity index (χ4v) is 1.53. The van der Waals surface area contributed by atoms with Gasteiger partial charge in [-0.1, -0.05) is 12.1 Å². The Morgan fingerprint density at radius 2 is 1.95 bits per heavy atom. The number of aromatic nitrogens is 5. The second kappa shape index (κ2) is 7.36. The summed E-state index contributed by atoms with van der Waals surface area (Å²) in [7, 11) is 1.74. The van der Waals surface area contributed by atoms with E-state index in [9.17, 15) is 0 Å². The Kier molecular flexibility index (Phi) is 5.24. The van der Waals surface area contributed by atoms with Crippen LogP contribution in [-0.4, -0.2) is 45.3 Å². The van der Waals surface area contributed by atoms with Gasteiger partial charge in [0, 0.05) is 20.0 Å². The highest BCUT2D eigenvalue weighted by atomic mass is 16.5. The minimum absolute atomic E-state index is 0.298. The van der Waals surface area contributed by atoms with Gasteiger partial charge in [-0.25, -0.2) is 0 Å². The lowest BCUT2D eigenvalue weighted by Crippen LogP contribution is -2.12. The first kappa shape index (κ1) is 14.9. The van der Waals surface area contributed by atoms with E-state index in [0.29, 0.717) is 49.2 Å². The van der Waals surface area contributed by atoms with E-state index in [0.717, 1.165) is 6.42 Å². The molecule has 9 nitrogen and oxygen atoms in total. The molecule has 114 valence electrons. The molecule has 2 rings (SSSR count). The zero-order valence-corrected chi connectivity index (χ0v) is 12.4. The molecule has 0 radical (unpaired) electrons. The molecular formula is C12H19N7O2. The average molecular weight is 293 g/mol. The van der Waals surface area contributed by atoms with Crippen molar-refractivity contribution in [2.75, 3.05) is 30.8 Å². The highest BCUT2D eigenvalue weighted by molar-refractivity contribution is 5.35. The molecule has 0 aliphatic rings. The Morgan fingerprint density at radius 3 is 2.62 bits per heavy atom. The summed E-state index contributed by atoms with van der Waals surface area (Å²) in [6, 6.07) is 0.298. The summed E-state index contributed by atoms with van der Waals surface area (Å²) >= 11 is 0. The third-order valence-corrected chi connectivity index (χ3v) is 2.47. The van der Waals surface area contributed by atoms with Crippen molar-refractivity contribution < 1.29 is 9.26 Å². The first-order valence-electron chi connectivity index (χ1n) is 6.81. The van der Waals surface area contributed by atoms with Crippen LogP contribution < -0.4 is 15.4 Å². The Balaban J connectivity index is 1.94. The minimum atomic E-state index is 0.298. The molecule has 0 saturated heterocycles. The first-order chi connectivity index (χ1) is 10.2. The van der Waals surface area contributed by atoms with E-state index >= 15 is 0 Å².